The molecule has 6 heteroatoms. The lowest BCUT2D eigenvalue weighted by Crippen LogP contribution is -2.36. The molecule has 5 nitrogen and oxygen atoms in total. The maximum atomic E-state index is 12.1. The smallest absolute Gasteiger partial charge is 0.261 e. The number of thioether (sulfide) groups is 1. The quantitative estimate of drug-likeness (QED) is 0.835. The highest BCUT2D eigenvalue weighted by Gasteiger charge is 2.41. The Bertz CT molecular complexity index is 478. The normalized spacial score (nSPS) is 39.7. The Morgan fingerprint density at radius 3 is 2.96 bits per heavy atom. The van der Waals surface area contributed by atoms with E-state index >= 15 is 0 Å². The lowest BCUT2D eigenvalue weighted by atomic mass is 9.96. The topological polar surface area (TPSA) is 59.9 Å². The first-order chi connectivity index (χ1) is 11.3. The first-order valence-corrected chi connectivity index (χ1v) is 9.95. The number of carbonyl (C=O) groups excluding carboxylic acids is 1. The molecular weight excluding hydrogens is 312 g/mol. The number of fused-ring (bicyclic) bond motifs is 2. The molecule has 0 radical (unpaired) electrons. The van der Waals surface area contributed by atoms with E-state index in [2.05, 4.69) is 10.3 Å². The molecule has 0 aromatic carbocycles. The largest absolute Gasteiger partial charge is 0.361 e. The van der Waals surface area contributed by atoms with Gasteiger partial charge in [-0.15, -0.1) is 0 Å². The van der Waals surface area contributed by atoms with Gasteiger partial charge in [-0.05, 0) is 56.8 Å². The molecular formula is C17H26N2O3S. The van der Waals surface area contributed by atoms with Crippen molar-refractivity contribution in [1.82, 2.24) is 5.32 Å². The minimum Gasteiger partial charge on any atom is -0.361 e. The molecule has 128 valence electrons. The Kier molecular flexibility index (Phi) is 4.92. The monoisotopic (exact) mass is 338 g/mol. The summed E-state index contributed by atoms with van der Waals surface area (Å²) in [6.07, 6.45) is 9.27. The van der Waals surface area contributed by atoms with Gasteiger partial charge in [-0.1, -0.05) is 18.2 Å². The van der Waals surface area contributed by atoms with E-state index in [1.54, 1.807) is 11.8 Å². The third kappa shape index (κ3) is 3.74. The first-order valence-electron chi connectivity index (χ1n) is 9.07. The van der Waals surface area contributed by atoms with E-state index in [1.807, 2.05) is 0 Å². The predicted octanol–water partition coefficient (Wildman–Crippen LogP) is 2.70. The van der Waals surface area contributed by atoms with Gasteiger partial charge in [0.15, 0.2) is 11.5 Å². The fraction of sp³-hybridized carbons (Fsp3) is 0.882. The molecule has 0 aromatic rings. The molecule has 4 aliphatic rings. The van der Waals surface area contributed by atoms with Crippen LogP contribution in [0, 0.1) is 11.8 Å². The summed E-state index contributed by atoms with van der Waals surface area (Å²) >= 11 is 1.59. The molecule has 0 aromatic heterocycles. The molecule has 2 saturated carbocycles. The fourth-order valence-electron chi connectivity index (χ4n) is 4.36. The molecule has 1 amide bonds. The number of nitrogens with zero attached hydrogens (tertiary/aromatic N) is 1. The van der Waals surface area contributed by atoms with Gasteiger partial charge in [-0.2, -0.15) is 4.99 Å². The Morgan fingerprint density at radius 1 is 1.26 bits per heavy atom. The zero-order valence-electron chi connectivity index (χ0n) is 13.5. The summed E-state index contributed by atoms with van der Waals surface area (Å²) in [4.78, 5) is 16.3. The number of ether oxygens (including phenoxy) is 2. The van der Waals surface area contributed by atoms with Crippen molar-refractivity contribution in [2.45, 2.75) is 68.9 Å². The van der Waals surface area contributed by atoms with Gasteiger partial charge < -0.3 is 14.8 Å². The van der Waals surface area contributed by atoms with Crippen LogP contribution in [0.5, 0.6) is 0 Å². The zero-order chi connectivity index (χ0) is 15.6. The van der Waals surface area contributed by atoms with E-state index in [0.717, 1.165) is 42.9 Å². The van der Waals surface area contributed by atoms with Gasteiger partial charge in [0, 0.05) is 12.6 Å². The van der Waals surface area contributed by atoms with Crippen molar-refractivity contribution in [1.29, 1.82) is 0 Å². The Balaban J connectivity index is 1.19. The second-order valence-corrected chi connectivity index (χ2v) is 8.43. The summed E-state index contributed by atoms with van der Waals surface area (Å²) in [6, 6.07) is 0.540. The molecule has 1 saturated heterocycles. The van der Waals surface area contributed by atoms with Gasteiger partial charge in [0.05, 0.1) is 11.9 Å². The number of amidine groups is 1. The van der Waals surface area contributed by atoms with Crippen LogP contribution in [0.3, 0.4) is 0 Å². The summed E-state index contributed by atoms with van der Waals surface area (Å²) in [5, 5.41) is 4.29. The number of amides is 1. The number of carbonyl (C=O) groups is 1. The van der Waals surface area contributed by atoms with Gasteiger partial charge in [-0.25, -0.2) is 0 Å². The summed E-state index contributed by atoms with van der Waals surface area (Å²) in [5.74, 6) is 1.69. The molecule has 23 heavy (non-hydrogen) atoms. The van der Waals surface area contributed by atoms with Crippen molar-refractivity contribution in [3.05, 3.63) is 0 Å². The average Bonchev–Trinajstić information content (AvgIpc) is 3.25. The standard InChI is InChI=1S/C17H26N2O3S/c20-16-14(6-8-22-15-3-1-2-7-21-15)23-17(19-16)18-13-10-11-4-5-12(13)9-11/h11-15H,1-10H2,(H,18,19,20)/t11-,12-,13-,14?,15?/m0/s1. The van der Waals surface area contributed by atoms with Gasteiger partial charge >= 0.3 is 0 Å². The zero-order valence-corrected chi connectivity index (χ0v) is 14.4. The summed E-state index contributed by atoms with van der Waals surface area (Å²) < 4.78 is 11.3. The van der Waals surface area contributed by atoms with Gasteiger partial charge in [-0.3, -0.25) is 4.79 Å². The molecule has 2 bridgehead atoms. The number of hydrogen-bond acceptors (Lipinski definition) is 5. The molecule has 3 fully saturated rings. The first kappa shape index (κ1) is 15.9. The van der Waals surface area contributed by atoms with Gasteiger partial charge in [0.2, 0.25) is 0 Å². The maximum Gasteiger partial charge on any atom is 0.261 e. The van der Waals surface area contributed by atoms with E-state index in [4.69, 9.17) is 9.47 Å². The maximum absolute atomic E-state index is 12.1. The Hall–Kier alpha value is -0.590. The van der Waals surface area contributed by atoms with Crippen molar-refractivity contribution in [3.63, 3.8) is 0 Å². The van der Waals surface area contributed by atoms with Crippen LogP contribution < -0.4 is 5.32 Å². The SMILES string of the molecule is O=C1N=C(N[C@H]2C[C@H]3CC[C@H]2C3)SC1CCOC1CCCCO1. The van der Waals surface area contributed by atoms with E-state index in [9.17, 15) is 4.79 Å². The van der Waals surface area contributed by atoms with Crippen molar-refractivity contribution < 1.29 is 14.3 Å². The molecule has 2 heterocycles. The highest BCUT2D eigenvalue weighted by atomic mass is 32.2. The molecule has 2 unspecified atom stereocenters. The number of rotatable bonds is 5. The second kappa shape index (κ2) is 7.11. The molecule has 5 atom stereocenters. The minimum absolute atomic E-state index is 0.00572. The molecule has 0 spiro atoms. The number of hydrogen-bond donors (Lipinski definition) is 1. The summed E-state index contributed by atoms with van der Waals surface area (Å²) in [7, 11) is 0. The fourth-order valence-corrected chi connectivity index (χ4v) is 5.36. The summed E-state index contributed by atoms with van der Waals surface area (Å²) in [5.41, 5.74) is 0. The van der Waals surface area contributed by atoms with E-state index in [-0.39, 0.29) is 17.4 Å². The second-order valence-electron chi connectivity index (χ2n) is 7.24. The van der Waals surface area contributed by atoms with Crippen LogP contribution in [0.4, 0.5) is 0 Å². The van der Waals surface area contributed by atoms with Crippen LogP contribution in [0.2, 0.25) is 0 Å². The average molecular weight is 338 g/mol. The molecule has 2 aliphatic heterocycles. The van der Waals surface area contributed by atoms with Crippen LogP contribution in [-0.2, 0) is 14.3 Å². The van der Waals surface area contributed by atoms with Crippen LogP contribution in [-0.4, -0.2) is 41.9 Å². The van der Waals surface area contributed by atoms with Crippen molar-refractivity contribution in [3.8, 4) is 0 Å². The molecule has 2 aliphatic carbocycles. The van der Waals surface area contributed by atoms with E-state index in [0.29, 0.717) is 12.6 Å². The van der Waals surface area contributed by atoms with Gasteiger partial charge in [0.1, 0.15) is 0 Å². The number of nitrogens with one attached hydrogen (secondary N) is 1. The van der Waals surface area contributed by atoms with Crippen LogP contribution in [0.15, 0.2) is 4.99 Å². The van der Waals surface area contributed by atoms with Crippen molar-refractivity contribution in [2.75, 3.05) is 13.2 Å². The Labute approximate surface area is 142 Å². The van der Waals surface area contributed by atoms with Crippen LogP contribution in [0.1, 0.15) is 51.4 Å². The highest BCUT2D eigenvalue weighted by molar-refractivity contribution is 8.15. The number of aliphatic imine (C=N–C) groups is 1. The third-order valence-electron chi connectivity index (χ3n) is 5.61. The van der Waals surface area contributed by atoms with E-state index < -0.39 is 0 Å². The highest BCUT2D eigenvalue weighted by Crippen LogP contribution is 2.44. The molecule has 4 rings (SSSR count). The van der Waals surface area contributed by atoms with Crippen LogP contribution in [0.25, 0.3) is 0 Å². The predicted molar refractivity (Wildman–Crippen MR) is 90.4 cm³/mol. The Morgan fingerprint density at radius 2 is 2.22 bits per heavy atom. The summed E-state index contributed by atoms with van der Waals surface area (Å²) in [6.45, 7) is 1.37. The van der Waals surface area contributed by atoms with Crippen molar-refractivity contribution in [2.24, 2.45) is 16.8 Å². The lowest BCUT2D eigenvalue weighted by Gasteiger charge is -2.24. The van der Waals surface area contributed by atoms with E-state index in [1.165, 1.54) is 32.1 Å². The third-order valence-corrected chi connectivity index (χ3v) is 6.76. The lowest BCUT2D eigenvalue weighted by molar-refractivity contribution is -0.163. The minimum atomic E-state index is -0.0836. The van der Waals surface area contributed by atoms with Crippen LogP contribution >= 0.6 is 11.8 Å². The molecule has 1 N–H and O–H groups in total. The van der Waals surface area contributed by atoms with Crippen molar-refractivity contribution >= 4 is 22.8 Å². The van der Waals surface area contributed by atoms with Gasteiger partial charge in [0.25, 0.3) is 5.91 Å².